The molecule has 0 heterocycles. The topological polar surface area (TPSA) is 41.5 Å². The maximum absolute atomic E-state index is 9.74. The summed E-state index contributed by atoms with van der Waals surface area (Å²) in [6, 6.07) is 18.1. The van der Waals surface area contributed by atoms with Gasteiger partial charge in [0.25, 0.3) is 0 Å². The van der Waals surface area contributed by atoms with E-state index >= 15 is 0 Å². The molecule has 3 heteroatoms. The number of benzene rings is 2. The lowest BCUT2D eigenvalue weighted by atomic mass is 9.84. The van der Waals surface area contributed by atoms with Crippen LogP contribution in [0.4, 0.5) is 0 Å². The van der Waals surface area contributed by atoms with E-state index in [9.17, 15) is 5.11 Å². The first-order valence-corrected chi connectivity index (χ1v) is 9.98. The summed E-state index contributed by atoms with van der Waals surface area (Å²) >= 11 is 0. The summed E-state index contributed by atoms with van der Waals surface area (Å²) in [6.07, 6.45) is 7.08. The molecule has 28 heavy (non-hydrogen) atoms. The van der Waals surface area contributed by atoms with E-state index < -0.39 is 0 Å². The highest BCUT2D eigenvalue weighted by atomic mass is 16.5. The van der Waals surface area contributed by atoms with Crippen molar-refractivity contribution in [3.05, 3.63) is 89.2 Å². The molecular formula is C25H29NO2. The third kappa shape index (κ3) is 4.93. The average molecular weight is 376 g/mol. The standard InChI is InChI=1S/C25H29NO2/c1-3-24(19-7-5-4-6-8-19)25(20-9-13-22(27)14-10-20)21-11-15-23(16-12-21)28-18-17-26-2/h4-11,13-15,26-27H,3,12,16-18H2,1-2H3/b25-24-. The zero-order valence-electron chi connectivity index (χ0n) is 16.7. The number of likely N-dealkylation sites (N-methyl/N-ethyl adjacent to an activating group) is 1. The largest absolute Gasteiger partial charge is 0.508 e. The first-order valence-electron chi connectivity index (χ1n) is 9.98. The summed E-state index contributed by atoms with van der Waals surface area (Å²) in [5.41, 5.74) is 6.28. The second-order valence-corrected chi connectivity index (χ2v) is 6.90. The molecule has 0 radical (unpaired) electrons. The minimum absolute atomic E-state index is 0.290. The SMILES string of the molecule is CC/C(=C(/C1=CC=C(OCCNC)CC1)c1ccc(O)cc1)c1ccccc1. The fourth-order valence-electron chi connectivity index (χ4n) is 3.58. The second kappa shape index (κ2) is 9.95. The third-order valence-electron chi connectivity index (χ3n) is 5.01. The Hall–Kier alpha value is -2.78. The van der Waals surface area contributed by atoms with Crippen LogP contribution in [0, 0.1) is 0 Å². The molecule has 0 saturated carbocycles. The van der Waals surface area contributed by atoms with E-state index in [4.69, 9.17) is 4.74 Å². The summed E-state index contributed by atoms with van der Waals surface area (Å²) < 4.78 is 5.85. The summed E-state index contributed by atoms with van der Waals surface area (Å²) in [6.45, 7) is 3.74. The van der Waals surface area contributed by atoms with Gasteiger partial charge in [-0.1, -0.05) is 55.5 Å². The Kier molecular flexibility index (Phi) is 7.10. The first-order chi connectivity index (χ1) is 13.7. The predicted molar refractivity (Wildman–Crippen MR) is 117 cm³/mol. The Morgan fingerprint density at radius 1 is 0.964 bits per heavy atom. The monoisotopic (exact) mass is 375 g/mol. The number of hydrogen-bond donors (Lipinski definition) is 2. The molecule has 0 aliphatic heterocycles. The van der Waals surface area contributed by atoms with Gasteiger partial charge in [-0.15, -0.1) is 0 Å². The van der Waals surface area contributed by atoms with E-state index in [0.717, 1.165) is 37.1 Å². The van der Waals surface area contributed by atoms with Crippen LogP contribution in [-0.4, -0.2) is 25.3 Å². The lowest BCUT2D eigenvalue weighted by Gasteiger charge is -2.22. The molecule has 2 aromatic carbocycles. The Morgan fingerprint density at radius 3 is 2.32 bits per heavy atom. The van der Waals surface area contributed by atoms with E-state index in [1.54, 1.807) is 12.1 Å². The zero-order chi connectivity index (χ0) is 19.8. The molecule has 2 aromatic rings. The van der Waals surface area contributed by atoms with Crippen molar-refractivity contribution >= 4 is 11.1 Å². The minimum atomic E-state index is 0.290. The number of nitrogens with one attached hydrogen (secondary N) is 1. The fourth-order valence-corrected chi connectivity index (χ4v) is 3.58. The molecule has 0 saturated heterocycles. The van der Waals surface area contributed by atoms with Crippen LogP contribution < -0.4 is 5.32 Å². The highest BCUT2D eigenvalue weighted by Gasteiger charge is 2.17. The molecule has 1 aliphatic carbocycles. The van der Waals surface area contributed by atoms with Gasteiger partial charge in [-0.3, -0.25) is 0 Å². The van der Waals surface area contributed by atoms with Crippen molar-refractivity contribution in [1.29, 1.82) is 0 Å². The molecule has 0 spiro atoms. The van der Waals surface area contributed by atoms with Gasteiger partial charge in [0.1, 0.15) is 12.4 Å². The average Bonchev–Trinajstić information content (AvgIpc) is 2.74. The van der Waals surface area contributed by atoms with Gasteiger partial charge in [0, 0.05) is 13.0 Å². The molecule has 0 unspecified atom stereocenters. The first kappa shape index (κ1) is 20.0. The van der Waals surface area contributed by atoms with Gasteiger partial charge in [0.2, 0.25) is 0 Å². The molecule has 3 rings (SSSR count). The van der Waals surface area contributed by atoms with Gasteiger partial charge >= 0.3 is 0 Å². The fraction of sp³-hybridized carbons (Fsp3) is 0.280. The zero-order valence-corrected chi connectivity index (χ0v) is 16.7. The molecule has 146 valence electrons. The van der Waals surface area contributed by atoms with Crippen molar-refractivity contribution in [3.63, 3.8) is 0 Å². The van der Waals surface area contributed by atoms with E-state index in [-0.39, 0.29) is 0 Å². The van der Waals surface area contributed by atoms with Crippen molar-refractivity contribution in [3.8, 4) is 5.75 Å². The van der Waals surface area contributed by atoms with Gasteiger partial charge < -0.3 is 15.2 Å². The molecule has 0 fully saturated rings. The van der Waals surface area contributed by atoms with Crippen LogP contribution in [0.25, 0.3) is 11.1 Å². The maximum Gasteiger partial charge on any atom is 0.115 e. The molecule has 1 aliphatic rings. The second-order valence-electron chi connectivity index (χ2n) is 6.90. The summed E-state index contributed by atoms with van der Waals surface area (Å²) in [7, 11) is 1.93. The number of phenols is 1. The molecule has 2 N–H and O–H groups in total. The van der Waals surface area contributed by atoms with Gasteiger partial charge in [-0.05, 0) is 65.9 Å². The van der Waals surface area contributed by atoms with E-state index in [1.165, 1.54) is 22.3 Å². The van der Waals surface area contributed by atoms with Crippen LogP contribution in [0.5, 0.6) is 5.75 Å². The van der Waals surface area contributed by atoms with Gasteiger partial charge in [0.15, 0.2) is 0 Å². The van der Waals surface area contributed by atoms with Crippen LogP contribution in [0.15, 0.2) is 78.1 Å². The molecule has 0 aromatic heterocycles. The van der Waals surface area contributed by atoms with Crippen molar-refractivity contribution in [2.75, 3.05) is 20.2 Å². The van der Waals surface area contributed by atoms with Crippen LogP contribution >= 0.6 is 0 Å². The van der Waals surface area contributed by atoms with Crippen molar-refractivity contribution in [1.82, 2.24) is 5.32 Å². The molecule has 0 amide bonds. The lowest BCUT2D eigenvalue weighted by molar-refractivity contribution is 0.204. The number of aromatic hydroxyl groups is 1. The molecule has 0 bridgehead atoms. The highest BCUT2D eigenvalue weighted by Crippen LogP contribution is 2.38. The minimum Gasteiger partial charge on any atom is -0.508 e. The summed E-state index contributed by atoms with van der Waals surface area (Å²) in [5, 5.41) is 12.8. The van der Waals surface area contributed by atoms with E-state index in [1.807, 2.05) is 25.2 Å². The van der Waals surface area contributed by atoms with Crippen LogP contribution in [0.3, 0.4) is 0 Å². The number of ether oxygens (including phenoxy) is 1. The summed E-state index contributed by atoms with van der Waals surface area (Å²) in [4.78, 5) is 0. The van der Waals surface area contributed by atoms with Crippen LogP contribution in [-0.2, 0) is 4.74 Å². The quantitative estimate of drug-likeness (QED) is 0.469. The lowest BCUT2D eigenvalue weighted by Crippen LogP contribution is -2.14. The van der Waals surface area contributed by atoms with E-state index in [0.29, 0.717) is 12.4 Å². The number of rotatable bonds is 8. The Morgan fingerprint density at radius 2 is 1.71 bits per heavy atom. The third-order valence-corrected chi connectivity index (χ3v) is 5.01. The van der Waals surface area contributed by atoms with Gasteiger partial charge in [0.05, 0.1) is 5.76 Å². The molecular weight excluding hydrogens is 346 g/mol. The van der Waals surface area contributed by atoms with E-state index in [2.05, 4.69) is 48.7 Å². The number of allylic oxidation sites excluding steroid dienone is 6. The Labute approximate surface area is 168 Å². The normalized spacial score (nSPS) is 14.8. The smallest absolute Gasteiger partial charge is 0.115 e. The number of hydrogen-bond acceptors (Lipinski definition) is 3. The van der Waals surface area contributed by atoms with Crippen molar-refractivity contribution in [2.45, 2.75) is 26.2 Å². The Balaban J connectivity index is 2.02. The van der Waals surface area contributed by atoms with Gasteiger partial charge in [-0.2, -0.15) is 0 Å². The summed E-state index contributed by atoms with van der Waals surface area (Å²) in [5.74, 6) is 1.33. The molecule has 3 nitrogen and oxygen atoms in total. The van der Waals surface area contributed by atoms with Crippen LogP contribution in [0.1, 0.15) is 37.3 Å². The van der Waals surface area contributed by atoms with Crippen LogP contribution in [0.2, 0.25) is 0 Å². The van der Waals surface area contributed by atoms with Crippen molar-refractivity contribution in [2.24, 2.45) is 0 Å². The number of phenolic OH excluding ortho intramolecular Hbond substituents is 1. The van der Waals surface area contributed by atoms with Gasteiger partial charge in [-0.25, -0.2) is 0 Å². The Bertz CT molecular complexity index is 861. The maximum atomic E-state index is 9.74. The molecule has 0 atom stereocenters. The highest BCUT2D eigenvalue weighted by molar-refractivity contribution is 5.98. The predicted octanol–water partition coefficient (Wildman–Crippen LogP) is 5.55. The van der Waals surface area contributed by atoms with Crippen molar-refractivity contribution < 1.29 is 9.84 Å².